The second-order valence-electron chi connectivity index (χ2n) is 3.71. The van der Waals surface area contributed by atoms with Crippen molar-refractivity contribution in [3.63, 3.8) is 0 Å². The van der Waals surface area contributed by atoms with Crippen molar-refractivity contribution in [1.82, 2.24) is 4.98 Å². The molecule has 0 aliphatic rings. The predicted octanol–water partition coefficient (Wildman–Crippen LogP) is 3.46. The average molecular weight is 247 g/mol. The topological polar surface area (TPSA) is 50.2 Å². The number of benzene rings is 1. The molecule has 0 saturated carbocycles. The van der Waals surface area contributed by atoms with Crippen molar-refractivity contribution in [2.75, 3.05) is 0 Å². The largest absolute Gasteiger partial charge is 0.476 e. The zero-order valence-corrected chi connectivity index (χ0v) is 10.3. The molecule has 0 radical (unpaired) electrons. The van der Waals surface area contributed by atoms with Crippen LogP contribution in [0.2, 0.25) is 0 Å². The van der Waals surface area contributed by atoms with E-state index in [1.54, 1.807) is 0 Å². The lowest BCUT2D eigenvalue weighted by atomic mass is 10.1. The molecule has 2 rings (SSSR count). The molecule has 0 aliphatic heterocycles. The molecule has 0 fully saturated rings. The Labute approximate surface area is 104 Å². The third-order valence-electron chi connectivity index (χ3n) is 2.37. The summed E-state index contributed by atoms with van der Waals surface area (Å²) in [6.45, 7) is 2.06. The minimum atomic E-state index is -0.956. The summed E-state index contributed by atoms with van der Waals surface area (Å²) in [5.74, 6) is -0.956. The summed E-state index contributed by atoms with van der Waals surface area (Å²) in [5.41, 5.74) is 1.09. The van der Waals surface area contributed by atoms with Gasteiger partial charge in [-0.1, -0.05) is 37.3 Å². The number of rotatable bonds is 4. The third kappa shape index (κ3) is 2.53. The lowest BCUT2D eigenvalue weighted by Crippen LogP contribution is -1.99. The van der Waals surface area contributed by atoms with Crippen molar-refractivity contribution < 1.29 is 9.90 Å². The zero-order chi connectivity index (χ0) is 12.3. The van der Waals surface area contributed by atoms with Gasteiger partial charge in [0.2, 0.25) is 0 Å². The number of aryl methyl sites for hydroxylation is 1. The number of aromatic carboxylic acids is 1. The summed E-state index contributed by atoms with van der Waals surface area (Å²) in [6, 6.07) is 9.55. The van der Waals surface area contributed by atoms with Crippen LogP contribution in [0, 0.1) is 0 Å². The molecule has 0 saturated heterocycles. The molecule has 1 aromatic carbocycles. The van der Waals surface area contributed by atoms with Crippen LogP contribution in [0.15, 0.2) is 30.3 Å². The first kappa shape index (κ1) is 11.8. The molecule has 1 aromatic heterocycles. The highest BCUT2D eigenvalue weighted by Crippen LogP contribution is 2.30. The number of hydrogen-bond donors (Lipinski definition) is 1. The van der Waals surface area contributed by atoms with Crippen LogP contribution < -0.4 is 0 Å². The Kier molecular flexibility index (Phi) is 3.54. The van der Waals surface area contributed by atoms with Gasteiger partial charge in [-0.05, 0) is 18.4 Å². The molecule has 3 nitrogen and oxygen atoms in total. The minimum Gasteiger partial charge on any atom is -0.476 e. The first-order valence-corrected chi connectivity index (χ1v) is 6.32. The van der Waals surface area contributed by atoms with Crippen LogP contribution in [0.5, 0.6) is 0 Å². The first-order valence-electron chi connectivity index (χ1n) is 5.50. The van der Waals surface area contributed by atoms with Gasteiger partial charge < -0.3 is 5.11 Å². The summed E-state index contributed by atoms with van der Waals surface area (Å²) in [4.78, 5) is 16.1. The maximum atomic E-state index is 11.2. The summed E-state index contributed by atoms with van der Waals surface area (Å²) < 4.78 is 0. The van der Waals surface area contributed by atoms with E-state index in [2.05, 4.69) is 11.9 Å². The van der Waals surface area contributed by atoms with E-state index in [0.717, 1.165) is 28.3 Å². The van der Waals surface area contributed by atoms with E-state index in [4.69, 9.17) is 5.11 Å². The van der Waals surface area contributed by atoms with Gasteiger partial charge in [-0.2, -0.15) is 0 Å². The number of carbonyl (C=O) groups is 1. The van der Waals surface area contributed by atoms with Crippen molar-refractivity contribution in [2.24, 2.45) is 0 Å². The maximum Gasteiger partial charge on any atom is 0.356 e. The fourth-order valence-corrected chi connectivity index (χ4v) is 2.78. The van der Waals surface area contributed by atoms with Crippen LogP contribution in [-0.4, -0.2) is 16.1 Å². The molecule has 88 valence electrons. The van der Waals surface area contributed by atoms with E-state index >= 15 is 0 Å². The normalized spacial score (nSPS) is 10.4. The van der Waals surface area contributed by atoms with Crippen LogP contribution in [0.3, 0.4) is 0 Å². The van der Waals surface area contributed by atoms with E-state index in [9.17, 15) is 4.79 Å². The summed E-state index contributed by atoms with van der Waals surface area (Å²) in [6.07, 6.45) is 1.80. The molecule has 2 aromatic rings. The minimum absolute atomic E-state index is 0.171. The average Bonchev–Trinajstić information content (AvgIpc) is 2.75. The SMILES string of the molecule is CCCc1nc(C(=O)O)c(-c2ccccc2)s1. The molecular weight excluding hydrogens is 234 g/mol. The number of hydrogen-bond acceptors (Lipinski definition) is 3. The Hall–Kier alpha value is -1.68. The van der Waals surface area contributed by atoms with Crippen molar-refractivity contribution in [1.29, 1.82) is 0 Å². The molecule has 0 unspecified atom stereocenters. The smallest absolute Gasteiger partial charge is 0.356 e. The Bertz CT molecular complexity index is 519. The highest BCUT2D eigenvalue weighted by molar-refractivity contribution is 7.15. The maximum absolute atomic E-state index is 11.2. The van der Waals surface area contributed by atoms with Crippen molar-refractivity contribution in [3.05, 3.63) is 41.0 Å². The molecule has 1 heterocycles. The molecule has 0 aliphatic carbocycles. The van der Waals surface area contributed by atoms with E-state index in [1.165, 1.54) is 11.3 Å². The lowest BCUT2D eigenvalue weighted by molar-refractivity contribution is 0.0692. The number of nitrogens with zero attached hydrogens (tertiary/aromatic N) is 1. The molecule has 0 amide bonds. The summed E-state index contributed by atoms with van der Waals surface area (Å²) in [5, 5.41) is 10.0. The fourth-order valence-electron chi connectivity index (χ4n) is 1.62. The Balaban J connectivity index is 2.48. The molecular formula is C13H13NO2S. The van der Waals surface area contributed by atoms with Gasteiger partial charge >= 0.3 is 5.97 Å². The van der Waals surface area contributed by atoms with Crippen molar-refractivity contribution in [3.8, 4) is 10.4 Å². The summed E-state index contributed by atoms with van der Waals surface area (Å²) >= 11 is 1.47. The van der Waals surface area contributed by atoms with Crippen molar-refractivity contribution in [2.45, 2.75) is 19.8 Å². The molecule has 0 spiro atoms. The first-order chi connectivity index (χ1) is 8.22. The second-order valence-corrected chi connectivity index (χ2v) is 4.79. The fraction of sp³-hybridized carbons (Fsp3) is 0.231. The second kappa shape index (κ2) is 5.10. The molecule has 0 bridgehead atoms. The van der Waals surface area contributed by atoms with Crippen LogP contribution in [0.25, 0.3) is 10.4 Å². The molecule has 17 heavy (non-hydrogen) atoms. The molecule has 1 N–H and O–H groups in total. The van der Waals surface area contributed by atoms with E-state index in [0.29, 0.717) is 0 Å². The van der Waals surface area contributed by atoms with Crippen LogP contribution >= 0.6 is 11.3 Å². The van der Waals surface area contributed by atoms with Gasteiger partial charge in [-0.25, -0.2) is 9.78 Å². The molecule has 0 atom stereocenters. The van der Waals surface area contributed by atoms with Gasteiger partial charge in [-0.3, -0.25) is 0 Å². The van der Waals surface area contributed by atoms with Gasteiger partial charge in [-0.15, -0.1) is 11.3 Å². The van der Waals surface area contributed by atoms with Gasteiger partial charge in [0, 0.05) is 0 Å². The van der Waals surface area contributed by atoms with Crippen LogP contribution in [0.1, 0.15) is 28.8 Å². The number of thiazole rings is 1. The Morgan fingerprint density at radius 3 is 2.65 bits per heavy atom. The Morgan fingerprint density at radius 1 is 1.35 bits per heavy atom. The predicted molar refractivity (Wildman–Crippen MR) is 68.5 cm³/mol. The number of carboxylic acid groups (broad SMARTS) is 1. The van der Waals surface area contributed by atoms with E-state index in [1.807, 2.05) is 30.3 Å². The van der Waals surface area contributed by atoms with Gasteiger partial charge in [0.05, 0.1) is 9.88 Å². The van der Waals surface area contributed by atoms with E-state index in [-0.39, 0.29) is 5.69 Å². The molecule has 4 heteroatoms. The Morgan fingerprint density at radius 2 is 2.06 bits per heavy atom. The van der Waals surface area contributed by atoms with Gasteiger partial charge in [0.15, 0.2) is 5.69 Å². The van der Waals surface area contributed by atoms with Gasteiger partial charge in [0.1, 0.15) is 0 Å². The zero-order valence-electron chi connectivity index (χ0n) is 9.51. The van der Waals surface area contributed by atoms with Gasteiger partial charge in [0.25, 0.3) is 0 Å². The monoisotopic (exact) mass is 247 g/mol. The standard InChI is InChI=1S/C13H13NO2S/c1-2-6-10-14-11(13(15)16)12(17-10)9-7-4-3-5-8-9/h3-5,7-8H,2,6H2,1H3,(H,15,16). The third-order valence-corrected chi connectivity index (χ3v) is 3.54. The van der Waals surface area contributed by atoms with E-state index < -0.39 is 5.97 Å². The quantitative estimate of drug-likeness (QED) is 0.900. The van der Waals surface area contributed by atoms with Crippen LogP contribution in [0.4, 0.5) is 0 Å². The van der Waals surface area contributed by atoms with Crippen molar-refractivity contribution >= 4 is 17.3 Å². The number of carboxylic acids is 1. The summed E-state index contributed by atoms with van der Waals surface area (Å²) in [7, 11) is 0. The number of aromatic nitrogens is 1. The lowest BCUT2D eigenvalue weighted by Gasteiger charge is -1.97. The van der Waals surface area contributed by atoms with Crippen LogP contribution in [-0.2, 0) is 6.42 Å². The highest BCUT2D eigenvalue weighted by Gasteiger charge is 2.17. The highest BCUT2D eigenvalue weighted by atomic mass is 32.1.